The Bertz CT molecular complexity index is 2610. The first-order valence-electron chi connectivity index (χ1n) is 29.8. The molecule has 1 aliphatic carbocycles. The Labute approximate surface area is 506 Å². The lowest BCUT2D eigenvalue weighted by atomic mass is 9.81. The van der Waals surface area contributed by atoms with Crippen molar-refractivity contribution in [3.05, 3.63) is 61.7 Å². The van der Waals surface area contributed by atoms with Gasteiger partial charge in [-0.2, -0.15) is 0 Å². The molecule has 2 aromatic heterocycles. The Hall–Kier alpha value is -3.90. The highest BCUT2D eigenvalue weighted by Crippen LogP contribution is 2.46. The zero-order valence-electron chi connectivity index (χ0n) is 50.6. The van der Waals surface area contributed by atoms with E-state index in [0.717, 1.165) is 35.1 Å². The van der Waals surface area contributed by atoms with Crippen molar-refractivity contribution in [2.45, 2.75) is 103 Å². The van der Waals surface area contributed by atoms with E-state index in [9.17, 15) is 24.3 Å². The van der Waals surface area contributed by atoms with Crippen molar-refractivity contribution in [3.8, 4) is 11.4 Å². The van der Waals surface area contributed by atoms with Crippen molar-refractivity contribution >= 4 is 50.3 Å². The van der Waals surface area contributed by atoms with E-state index in [1.807, 2.05) is 13.8 Å². The summed E-state index contributed by atoms with van der Waals surface area (Å²) in [6.07, 6.45) is 2.28. The van der Waals surface area contributed by atoms with E-state index in [2.05, 4.69) is 24.5 Å². The number of nitrogens with zero attached hydrogens (tertiary/aromatic N) is 2. The fraction of sp³-hybridized carbons (Fsp3) is 0.717. The highest BCUT2D eigenvalue weighted by Gasteiger charge is 2.46. The lowest BCUT2D eigenvalue weighted by Gasteiger charge is -2.31. The van der Waals surface area contributed by atoms with Crippen molar-refractivity contribution in [2.75, 3.05) is 171 Å². The first-order chi connectivity index (χ1) is 41.1. The number of halogens is 1. The third-order valence-corrected chi connectivity index (χ3v) is 17.5. The minimum atomic E-state index is -1.99. The molecule has 4 heterocycles. The maximum Gasteiger partial charge on any atom is 0.343 e. The molecule has 3 N–H and O–H groups in total. The standard InChI is InChI=1S/C60H91FN4O18S2/c1-7-60(70)47-36-51-56-45(38-65(51)57(68)46(47)39-83-58(60)69)55-49(9-8-44-43(4)48(61)37-50(64-56)54(44)55)63-53(67)40-84-85-59(5,6)41-62-52(66)11-13-72-15-17-74-19-21-76-23-25-78-27-29-80-31-33-82-35-34-81-32-30-79-28-26-77-24-22-75-20-18-73-16-14-71-12-10-42(2)3/h36-37,42,49,70H,7-35,38-41H2,1-6H3,(H,62,66)(H,63,67)/t49-,60-/m0/s1. The number of fused-ring (bicyclic) bond motifs is 5. The van der Waals surface area contributed by atoms with Gasteiger partial charge in [0.2, 0.25) is 11.8 Å². The number of pyridine rings is 2. The Morgan fingerprint density at radius 2 is 1.21 bits per heavy atom. The molecule has 0 unspecified atom stereocenters. The van der Waals surface area contributed by atoms with Crippen LogP contribution in [0, 0.1) is 18.7 Å². The molecule has 2 amide bonds. The van der Waals surface area contributed by atoms with Crippen LogP contribution in [0.1, 0.15) is 99.7 Å². The zero-order valence-corrected chi connectivity index (χ0v) is 52.3. The fourth-order valence-electron chi connectivity index (χ4n) is 9.61. The van der Waals surface area contributed by atoms with Gasteiger partial charge in [0.05, 0.1) is 193 Å². The van der Waals surface area contributed by atoms with Crippen LogP contribution in [0.4, 0.5) is 4.39 Å². The highest BCUT2D eigenvalue weighted by molar-refractivity contribution is 8.77. The second kappa shape index (κ2) is 37.8. The van der Waals surface area contributed by atoms with Crippen LogP contribution in [0.3, 0.4) is 0 Å². The molecule has 6 rings (SSSR count). The third-order valence-electron chi connectivity index (χ3n) is 14.3. The normalized spacial score (nSPS) is 16.2. The predicted octanol–water partition coefficient (Wildman–Crippen LogP) is 5.54. The van der Waals surface area contributed by atoms with Gasteiger partial charge in [-0.05, 0) is 75.1 Å². The van der Waals surface area contributed by atoms with E-state index in [4.69, 9.17) is 66.6 Å². The molecule has 2 aliphatic heterocycles. The number of amides is 2. The number of aliphatic hydroxyl groups is 1. The Balaban J connectivity index is 0.707. The summed E-state index contributed by atoms with van der Waals surface area (Å²) in [5, 5.41) is 18.3. The molecule has 1 aromatic carbocycles. The highest BCUT2D eigenvalue weighted by atomic mass is 33.1. The molecule has 0 spiro atoms. The molecule has 3 aromatic rings. The minimum absolute atomic E-state index is 0.000512. The summed E-state index contributed by atoms with van der Waals surface area (Å²) in [6.45, 7) is 23.4. The number of nitrogens with one attached hydrogen (secondary N) is 2. The van der Waals surface area contributed by atoms with Gasteiger partial charge in [-0.3, -0.25) is 14.4 Å². The first kappa shape index (κ1) is 70.2. The van der Waals surface area contributed by atoms with Crippen LogP contribution in [0.25, 0.3) is 22.3 Å². The van der Waals surface area contributed by atoms with Crippen LogP contribution in [0.15, 0.2) is 16.9 Å². The van der Waals surface area contributed by atoms with Crippen LogP contribution in [-0.4, -0.2) is 208 Å². The number of esters is 1. The predicted molar refractivity (Wildman–Crippen MR) is 319 cm³/mol. The smallest absolute Gasteiger partial charge is 0.343 e. The largest absolute Gasteiger partial charge is 0.458 e. The number of aromatic nitrogens is 2. The Kier molecular flexibility index (Phi) is 31.2. The maximum absolute atomic E-state index is 15.4. The van der Waals surface area contributed by atoms with Crippen LogP contribution in [0.2, 0.25) is 0 Å². The number of ether oxygens (including phenoxy) is 13. The van der Waals surface area contributed by atoms with Crippen molar-refractivity contribution in [1.82, 2.24) is 20.2 Å². The second-order valence-electron chi connectivity index (χ2n) is 21.6. The number of rotatable bonds is 47. The molecule has 22 nitrogen and oxygen atoms in total. The number of carbonyl (C=O) groups is 3. The zero-order chi connectivity index (χ0) is 60.9. The number of hydrogen-bond donors (Lipinski definition) is 3. The van der Waals surface area contributed by atoms with Crippen LogP contribution in [-0.2, 0) is 101 Å². The summed E-state index contributed by atoms with van der Waals surface area (Å²) in [5.41, 5.74) is 2.11. The van der Waals surface area contributed by atoms with Gasteiger partial charge in [-0.15, -0.1) is 0 Å². The van der Waals surface area contributed by atoms with Crippen molar-refractivity contribution in [3.63, 3.8) is 0 Å². The van der Waals surface area contributed by atoms with Crippen molar-refractivity contribution < 1.29 is 85.5 Å². The number of benzene rings is 1. The van der Waals surface area contributed by atoms with Crippen molar-refractivity contribution in [2.24, 2.45) is 5.92 Å². The van der Waals surface area contributed by atoms with E-state index >= 15 is 4.39 Å². The number of cyclic esters (lactones) is 1. The van der Waals surface area contributed by atoms with Gasteiger partial charge >= 0.3 is 5.97 Å². The summed E-state index contributed by atoms with van der Waals surface area (Å²) in [7, 11) is 2.88. The topological polar surface area (TPSA) is 250 Å². The third kappa shape index (κ3) is 22.6. The minimum Gasteiger partial charge on any atom is -0.458 e. The summed E-state index contributed by atoms with van der Waals surface area (Å²) >= 11 is 0. The molecule has 0 bridgehead atoms. The SMILES string of the molecule is CC[C@@]1(O)C(=O)OCc2c1cc1n(c2=O)Cc2c-1nc1cc(F)c(C)c3c1c2[C@@H](NC(=O)CSSC(C)(C)CNC(=O)CCOCCOCCOCCOCCOCCOCCOCCOCCOCCOCCOCCOCCC(C)C)CC3. The van der Waals surface area contributed by atoms with Crippen LogP contribution in [0.5, 0.6) is 0 Å². The molecule has 3 aliphatic rings. The monoisotopic (exact) mass is 1240 g/mol. The van der Waals surface area contributed by atoms with Gasteiger partial charge in [-0.25, -0.2) is 14.2 Å². The summed E-state index contributed by atoms with van der Waals surface area (Å²) in [4.78, 5) is 57.9. The van der Waals surface area contributed by atoms with Gasteiger partial charge in [0.15, 0.2) is 5.60 Å². The van der Waals surface area contributed by atoms with E-state index in [1.54, 1.807) is 24.5 Å². The molecular formula is C60H91FN4O18S2. The number of aryl methyl sites for hydroxylation is 1. The Morgan fingerprint density at radius 1 is 0.729 bits per heavy atom. The van der Waals surface area contributed by atoms with Gasteiger partial charge < -0.3 is 81.9 Å². The van der Waals surface area contributed by atoms with Crippen LogP contribution >= 0.6 is 21.6 Å². The van der Waals surface area contributed by atoms with Gasteiger partial charge in [-0.1, -0.05) is 42.4 Å². The number of carbonyl (C=O) groups excluding carboxylic acids is 3. The molecule has 2 atom stereocenters. The fourth-order valence-corrected chi connectivity index (χ4v) is 11.9. The summed E-state index contributed by atoms with van der Waals surface area (Å²) < 4.78 is 88.1. The molecular weight excluding hydrogens is 1150 g/mol. The molecule has 0 fully saturated rings. The van der Waals surface area contributed by atoms with Gasteiger partial charge in [0.25, 0.3) is 5.56 Å². The first-order valence-corrected chi connectivity index (χ1v) is 32.1. The quantitative estimate of drug-likeness (QED) is 0.0279. The number of hydrogen-bond acceptors (Lipinski definition) is 21. The molecule has 25 heteroatoms. The average Bonchev–Trinajstić information content (AvgIpc) is 1.84. The molecule has 0 saturated carbocycles. The second-order valence-corrected chi connectivity index (χ2v) is 24.6. The molecule has 0 radical (unpaired) electrons. The molecule has 0 saturated heterocycles. The average molecular weight is 1240 g/mol. The Morgan fingerprint density at radius 3 is 1.69 bits per heavy atom. The lowest BCUT2D eigenvalue weighted by molar-refractivity contribution is -0.172. The van der Waals surface area contributed by atoms with E-state index in [0.29, 0.717) is 193 Å². The van der Waals surface area contributed by atoms with E-state index in [-0.39, 0.29) is 61.3 Å². The van der Waals surface area contributed by atoms with Gasteiger partial charge in [0.1, 0.15) is 12.4 Å². The molecule has 478 valence electrons. The summed E-state index contributed by atoms with van der Waals surface area (Å²) in [5.74, 6) is -0.783. The van der Waals surface area contributed by atoms with Gasteiger partial charge in [0, 0.05) is 46.9 Å². The lowest BCUT2D eigenvalue weighted by Crippen LogP contribution is -2.44. The van der Waals surface area contributed by atoms with E-state index in [1.165, 1.54) is 27.7 Å². The van der Waals surface area contributed by atoms with E-state index < -0.39 is 33.7 Å². The van der Waals surface area contributed by atoms with Crippen molar-refractivity contribution in [1.29, 1.82) is 0 Å². The van der Waals surface area contributed by atoms with Crippen LogP contribution < -0.4 is 16.2 Å². The maximum atomic E-state index is 15.4. The summed E-state index contributed by atoms with van der Waals surface area (Å²) in [6, 6.07) is 2.57. The molecule has 85 heavy (non-hydrogen) atoms.